The van der Waals surface area contributed by atoms with E-state index in [1.807, 2.05) is 25.1 Å². The second kappa shape index (κ2) is 6.37. The number of nitrogens with one attached hydrogen (secondary N) is 1. The van der Waals surface area contributed by atoms with Crippen LogP contribution in [0.5, 0.6) is 0 Å². The molecule has 112 valence electrons. The van der Waals surface area contributed by atoms with E-state index < -0.39 is 0 Å². The fourth-order valence-corrected chi connectivity index (χ4v) is 3.01. The van der Waals surface area contributed by atoms with Gasteiger partial charge in [-0.3, -0.25) is 4.79 Å². The lowest BCUT2D eigenvalue weighted by Gasteiger charge is -2.17. The highest BCUT2D eigenvalue weighted by molar-refractivity contribution is 7.16. The van der Waals surface area contributed by atoms with Crippen molar-refractivity contribution < 1.29 is 4.79 Å². The summed E-state index contributed by atoms with van der Waals surface area (Å²) in [5.74, 6) is -0.0636. The Kier molecular flexibility index (Phi) is 4.75. The summed E-state index contributed by atoms with van der Waals surface area (Å²) in [6.07, 6.45) is 0. The molecular weight excluding hydrogens is 306 g/mol. The summed E-state index contributed by atoms with van der Waals surface area (Å²) in [6, 6.07) is 9.26. The number of nitrogens with two attached hydrogens (primary N) is 1. The highest BCUT2D eigenvalue weighted by Crippen LogP contribution is 2.31. The van der Waals surface area contributed by atoms with E-state index in [0.717, 1.165) is 14.9 Å². The van der Waals surface area contributed by atoms with Gasteiger partial charge in [-0.2, -0.15) is 0 Å². The molecule has 0 fully saturated rings. The molecule has 0 radical (unpaired) electrons. The van der Waals surface area contributed by atoms with Gasteiger partial charge in [-0.25, -0.2) is 0 Å². The summed E-state index contributed by atoms with van der Waals surface area (Å²) in [5, 5.41) is 3.34. The van der Waals surface area contributed by atoms with Gasteiger partial charge < -0.3 is 16.0 Å². The van der Waals surface area contributed by atoms with Crippen molar-refractivity contribution in [3.63, 3.8) is 0 Å². The van der Waals surface area contributed by atoms with Crippen LogP contribution in [0.1, 0.15) is 28.2 Å². The predicted molar refractivity (Wildman–Crippen MR) is 90.2 cm³/mol. The van der Waals surface area contributed by atoms with Crippen LogP contribution in [0.3, 0.4) is 0 Å². The minimum Gasteiger partial charge on any atom is -0.397 e. The maximum absolute atomic E-state index is 11.9. The average Bonchev–Trinajstić information content (AvgIpc) is 2.86. The number of carbonyl (C=O) groups excluding carboxylic acids is 1. The van der Waals surface area contributed by atoms with Gasteiger partial charge in [0, 0.05) is 24.5 Å². The van der Waals surface area contributed by atoms with Gasteiger partial charge in [0.05, 0.1) is 21.8 Å². The van der Waals surface area contributed by atoms with Crippen molar-refractivity contribution in [2.75, 3.05) is 25.1 Å². The molecule has 1 heterocycles. The van der Waals surface area contributed by atoms with Gasteiger partial charge in [0.15, 0.2) is 0 Å². The van der Waals surface area contributed by atoms with Crippen LogP contribution in [0.25, 0.3) is 0 Å². The minimum absolute atomic E-state index is 0.0636. The van der Waals surface area contributed by atoms with Gasteiger partial charge in [0.25, 0.3) is 5.91 Å². The first-order valence-corrected chi connectivity index (χ1v) is 7.71. The van der Waals surface area contributed by atoms with Crippen molar-refractivity contribution in [1.29, 1.82) is 0 Å². The lowest BCUT2D eigenvalue weighted by atomic mass is 10.1. The van der Waals surface area contributed by atoms with Crippen LogP contribution in [-0.4, -0.2) is 24.9 Å². The van der Waals surface area contributed by atoms with Crippen LogP contribution in [-0.2, 0) is 0 Å². The summed E-state index contributed by atoms with van der Waals surface area (Å²) in [4.78, 5) is 14.5. The lowest BCUT2D eigenvalue weighted by Crippen LogP contribution is -2.21. The number of nitrogens with zero attached hydrogens (tertiary/aromatic N) is 1. The number of carbonyl (C=O) groups is 1. The van der Waals surface area contributed by atoms with Crippen molar-refractivity contribution in [2.45, 2.75) is 13.0 Å². The third-order valence-corrected chi connectivity index (χ3v) is 4.51. The van der Waals surface area contributed by atoms with Crippen LogP contribution in [0.4, 0.5) is 11.4 Å². The molecule has 4 nitrogen and oxygen atoms in total. The van der Waals surface area contributed by atoms with Gasteiger partial charge >= 0.3 is 0 Å². The van der Waals surface area contributed by atoms with E-state index >= 15 is 0 Å². The zero-order valence-electron chi connectivity index (χ0n) is 12.2. The number of benzene rings is 1. The molecule has 0 spiro atoms. The van der Waals surface area contributed by atoms with E-state index in [0.29, 0.717) is 11.3 Å². The Morgan fingerprint density at radius 1 is 1.33 bits per heavy atom. The quantitative estimate of drug-likeness (QED) is 0.840. The second-order valence-corrected chi connectivity index (χ2v) is 6.76. The maximum atomic E-state index is 11.9. The predicted octanol–water partition coefficient (Wildman–Crippen LogP) is 3.86. The van der Waals surface area contributed by atoms with Crippen LogP contribution in [0.15, 0.2) is 30.3 Å². The first kappa shape index (κ1) is 15.7. The molecule has 1 amide bonds. The number of amides is 1. The SMILES string of the molecule is CC(Nc1ccc(C(=O)N(C)C)cc1N)c1ccc(Cl)s1. The first-order valence-electron chi connectivity index (χ1n) is 6.51. The van der Waals surface area contributed by atoms with Gasteiger partial charge in [-0.15, -0.1) is 11.3 Å². The largest absolute Gasteiger partial charge is 0.397 e. The smallest absolute Gasteiger partial charge is 0.253 e. The monoisotopic (exact) mass is 323 g/mol. The minimum atomic E-state index is -0.0636. The summed E-state index contributed by atoms with van der Waals surface area (Å²) in [7, 11) is 3.43. The summed E-state index contributed by atoms with van der Waals surface area (Å²) in [6.45, 7) is 2.04. The van der Waals surface area contributed by atoms with E-state index in [2.05, 4.69) is 5.32 Å². The standard InChI is InChI=1S/C15H18ClN3OS/c1-9(13-6-7-14(16)21-13)18-12-5-4-10(8-11(12)17)15(20)19(2)3/h4-9,18H,17H2,1-3H3. The fraction of sp³-hybridized carbons (Fsp3) is 0.267. The van der Waals surface area contributed by atoms with Gasteiger partial charge in [0.1, 0.15) is 0 Å². The van der Waals surface area contributed by atoms with E-state index in [9.17, 15) is 4.79 Å². The molecule has 1 aromatic carbocycles. The molecule has 0 saturated carbocycles. The maximum Gasteiger partial charge on any atom is 0.253 e. The molecule has 0 aliphatic heterocycles. The number of anilines is 2. The van der Waals surface area contributed by atoms with Crippen LogP contribution < -0.4 is 11.1 Å². The van der Waals surface area contributed by atoms with Crippen LogP contribution >= 0.6 is 22.9 Å². The third kappa shape index (κ3) is 3.68. The molecule has 0 saturated heterocycles. The average molecular weight is 324 g/mol. The molecule has 6 heteroatoms. The molecule has 1 atom stereocenters. The highest BCUT2D eigenvalue weighted by atomic mass is 35.5. The van der Waals surface area contributed by atoms with Crippen molar-refractivity contribution in [2.24, 2.45) is 0 Å². The zero-order valence-corrected chi connectivity index (χ0v) is 13.8. The molecule has 3 N–H and O–H groups in total. The number of rotatable bonds is 4. The molecule has 2 aromatic rings. The van der Waals surface area contributed by atoms with Gasteiger partial charge in [-0.05, 0) is 37.3 Å². The van der Waals surface area contributed by atoms with Gasteiger partial charge in [-0.1, -0.05) is 11.6 Å². The Hall–Kier alpha value is -1.72. The van der Waals surface area contributed by atoms with Crippen molar-refractivity contribution in [3.05, 3.63) is 45.1 Å². The van der Waals surface area contributed by atoms with E-state index in [-0.39, 0.29) is 11.9 Å². The Morgan fingerprint density at radius 3 is 2.57 bits per heavy atom. The molecular formula is C15H18ClN3OS. The summed E-state index contributed by atoms with van der Waals surface area (Å²) < 4.78 is 0.763. The number of halogens is 1. The van der Waals surface area contributed by atoms with Crippen molar-refractivity contribution >= 4 is 40.2 Å². The van der Waals surface area contributed by atoms with Crippen molar-refractivity contribution in [1.82, 2.24) is 4.90 Å². The third-order valence-electron chi connectivity index (χ3n) is 3.10. The van der Waals surface area contributed by atoms with E-state index in [1.54, 1.807) is 26.2 Å². The Morgan fingerprint density at radius 2 is 2.05 bits per heavy atom. The summed E-state index contributed by atoms with van der Waals surface area (Å²) in [5.41, 5.74) is 7.97. The number of hydrogen-bond donors (Lipinski definition) is 2. The number of nitrogen functional groups attached to an aromatic ring is 1. The Labute approximate surface area is 133 Å². The van der Waals surface area contributed by atoms with Gasteiger partial charge in [0.2, 0.25) is 0 Å². The normalized spacial score (nSPS) is 12.0. The molecule has 1 aromatic heterocycles. The fourth-order valence-electron chi connectivity index (χ4n) is 1.95. The molecule has 2 rings (SSSR count). The van der Waals surface area contributed by atoms with E-state index in [1.165, 1.54) is 16.2 Å². The van der Waals surface area contributed by atoms with Crippen LogP contribution in [0, 0.1) is 0 Å². The lowest BCUT2D eigenvalue weighted by molar-refractivity contribution is 0.0827. The number of hydrogen-bond acceptors (Lipinski definition) is 4. The molecule has 0 aliphatic rings. The molecule has 0 aliphatic carbocycles. The Bertz CT molecular complexity index is 654. The van der Waals surface area contributed by atoms with E-state index in [4.69, 9.17) is 17.3 Å². The topological polar surface area (TPSA) is 58.4 Å². The zero-order chi connectivity index (χ0) is 15.6. The van der Waals surface area contributed by atoms with Crippen molar-refractivity contribution in [3.8, 4) is 0 Å². The molecule has 0 bridgehead atoms. The molecule has 21 heavy (non-hydrogen) atoms. The first-order chi connectivity index (χ1) is 9.88. The number of thiophene rings is 1. The molecule has 1 unspecified atom stereocenters. The highest BCUT2D eigenvalue weighted by Gasteiger charge is 2.13. The Balaban J connectivity index is 2.16. The van der Waals surface area contributed by atoms with Crippen LogP contribution in [0.2, 0.25) is 4.34 Å². The summed E-state index contributed by atoms with van der Waals surface area (Å²) >= 11 is 7.48. The second-order valence-electron chi connectivity index (χ2n) is 5.01.